The third-order valence-electron chi connectivity index (χ3n) is 7.53. The Morgan fingerprint density at radius 3 is 2.41 bits per heavy atom. The normalized spacial score (nSPS) is 14.2. The number of hydrogen-bond donors (Lipinski definition) is 0. The van der Waals surface area contributed by atoms with E-state index in [1.54, 1.807) is 0 Å². The second-order valence-corrected chi connectivity index (χ2v) is 9.90. The summed E-state index contributed by atoms with van der Waals surface area (Å²) < 4.78 is 8.87. The summed E-state index contributed by atoms with van der Waals surface area (Å²) in [6.07, 6.45) is 2.21. The SMILES string of the molecule is Cc1cc(-c2c(C)ccc3c2oc2ccc4c(c23)C(C)(C)c2ccccc2-4)[n+](C)cc1C. The van der Waals surface area contributed by atoms with Crippen LogP contribution < -0.4 is 4.57 Å². The zero-order valence-electron chi connectivity index (χ0n) is 19.6. The van der Waals surface area contributed by atoms with Gasteiger partial charge in [-0.3, -0.25) is 0 Å². The molecule has 5 aromatic rings. The molecule has 1 aliphatic rings. The first kappa shape index (κ1) is 19.3. The summed E-state index contributed by atoms with van der Waals surface area (Å²) in [5, 5.41) is 2.46. The smallest absolute Gasteiger partial charge is 0.216 e. The minimum atomic E-state index is -0.0710. The third-order valence-corrected chi connectivity index (χ3v) is 7.53. The Balaban J connectivity index is 1.75. The van der Waals surface area contributed by atoms with E-state index in [9.17, 15) is 0 Å². The lowest BCUT2D eigenvalue weighted by molar-refractivity contribution is -0.660. The highest BCUT2D eigenvalue weighted by molar-refractivity contribution is 6.14. The van der Waals surface area contributed by atoms with Crippen molar-refractivity contribution < 1.29 is 8.98 Å². The molecular weight excluding hydrogens is 390 g/mol. The fourth-order valence-electron chi connectivity index (χ4n) is 5.75. The van der Waals surface area contributed by atoms with Crippen LogP contribution in [0, 0.1) is 20.8 Å². The average molecular weight is 419 g/mol. The quantitative estimate of drug-likeness (QED) is 0.261. The van der Waals surface area contributed by atoms with Gasteiger partial charge in [-0.2, -0.15) is 0 Å². The van der Waals surface area contributed by atoms with Crippen molar-refractivity contribution in [2.75, 3.05) is 0 Å². The van der Waals surface area contributed by atoms with Gasteiger partial charge in [0, 0.05) is 27.8 Å². The van der Waals surface area contributed by atoms with E-state index in [0.29, 0.717) is 0 Å². The fraction of sp³-hybridized carbons (Fsp3) is 0.233. The van der Waals surface area contributed by atoms with Gasteiger partial charge in [0.15, 0.2) is 6.20 Å². The maximum absolute atomic E-state index is 6.65. The number of hydrogen-bond acceptors (Lipinski definition) is 1. The summed E-state index contributed by atoms with van der Waals surface area (Å²) in [5.41, 5.74) is 13.5. The molecule has 0 unspecified atom stereocenters. The number of pyridine rings is 1. The van der Waals surface area contributed by atoms with Crippen LogP contribution in [-0.4, -0.2) is 0 Å². The minimum absolute atomic E-state index is 0.0710. The van der Waals surface area contributed by atoms with Gasteiger partial charge in [0.05, 0.1) is 5.56 Å². The minimum Gasteiger partial charge on any atom is -0.455 e. The summed E-state index contributed by atoms with van der Waals surface area (Å²) >= 11 is 0. The van der Waals surface area contributed by atoms with Crippen molar-refractivity contribution in [3.63, 3.8) is 0 Å². The highest BCUT2D eigenvalue weighted by Gasteiger charge is 2.38. The molecule has 32 heavy (non-hydrogen) atoms. The molecule has 0 bridgehead atoms. The molecule has 3 aromatic carbocycles. The summed E-state index contributed by atoms with van der Waals surface area (Å²) in [4.78, 5) is 0. The van der Waals surface area contributed by atoms with Crippen molar-refractivity contribution in [3.05, 3.63) is 88.6 Å². The van der Waals surface area contributed by atoms with Gasteiger partial charge in [0.2, 0.25) is 5.69 Å². The largest absolute Gasteiger partial charge is 0.455 e. The second-order valence-electron chi connectivity index (χ2n) is 9.90. The van der Waals surface area contributed by atoms with E-state index in [4.69, 9.17) is 4.42 Å². The Bertz CT molecular complexity index is 1580. The van der Waals surface area contributed by atoms with Crippen molar-refractivity contribution in [3.8, 4) is 22.4 Å². The Labute approximate surface area is 189 Å². The molecule has 6 rings (SSSR count). The molecule has 2 heterocycles. The number of benzene rings is 3. The molecule has 1 aliphatic carbocycles. The molecule has 0 radical (unpaired) electrons. The molecular formula is C30H28NO+. The maximum Gasteiger partial charge on any atom is 0.216 e. The van der Waals surface area contributed by atoms with Crippen LogP contribution in [0.1, 0.15) is 41.7 Å². The first-order valence-electron chi connectivity index (χ1n) is 11.4. The number of nitrogens with zero attached hydrogens (tertiary/aromatic N) is 1. The molecule has 0 saturated heterocycles. The van der Waals surface area contributed by atoms with Crippen molar-refractivity contribution in [1.29, 1.82) is 0 Å². The Hall–Kier alpha value is -3.39. The monoisotopic (exact) mass is 418 g/mol. The highest BCUT2D eigenvalue weighted by atomic mass is 16.3. The predicted octanol–water partition coefficient (Wildman–Crippen LogP) is 7.31. The van der Waals surface area contributed by atoms with Gasteiger partial charge < -0.3 is 4.42 Å². The van der Waals surface area contributed by atoms with Gasteiger partial charge in [-0.15, -0.1) is 0 Å². The number of aryl methyl sites for hydroxylation is 4. The lowest BCUT2D eigenvalue weighted by Gasteiger charge is -2.22. The van der Waals surface area contributed by atoms with E-state index < -0.39 is 0 Å². The third kappa shape index (κ3) is 2.38. The van der Waals surface area contributed by atoms with Crippen molar-refractivity contribution >= 4 is 21.9 Å². The Morgan fingerprint density at radius 2 is 1.59 bits per heavy atom. The Morgan fingerprint density at radius 1 is 0.812 bits per heavy atom. The molecule has 0 saturated carbocycles. The standard InChI is InChI=1S/C30H28NO/c1-17-11-12-22-27-25(32-29(22)26(17)24-15-18(2)19(3)16-31(24)6)14-13-21-20-9-7-8-10-23(20)30(4,5)28(21)27/h7-16H,1-6H3/q+1. The number of fused-ring (bicyclic) bond motifs is 7. The molecule has 0 amide bonds. The highest BCUT2D eigenvalue weighted by Crippen LogP contribution is 2.53. The van der Waals surface area contributed by atoms with Gasteiger partial charge in [-0.1, -0.05) is 56.3 Å². The van der Waals surface area contributed by atoms with E-state index in [2.05, 4.69) is 107 Å². The second kappa shape index (κ2) is 6.32. The Kier molecular flexibility index (Phi) is 3.81. The lowest BCUT2D eigenvalue weighted by Crippen LogP contribution is -2.31. The topological polar surface area (TPSA) is 17.0 Å². The van der Waals surface area contributed by atoms with Crippen LogP contribution in [0.3, 0.4) is 0 Å². The summed E-state index contributed by atoms with van der Waals surface area (Å²) in [6.45, 7) is 11.2. The van der Waals surface area contributed by atoms with Gasteiger partial charge in [0.1, 0.15) is 18.2 Å². The van der Waals surface area contributed by atoms with Crippen molar-refractivity contribution in [2.45, 2.75) is 40.0 Å². The van der Waals surface area contributed by atoms with Crippen LogP contribution >= 0.6 is 0 Å². The van der Waals surface area contributed by atoms with E-state index in [1.165, 1.54) is 61.0 Å². The van der Waals surface area contributed by atoms with Gasteiger partial charge in [-0.25, -0.2) is 4.57 Å². The molecule has 0 fully saturated rings. The summed E-state index contributed by atoms with van der Waals surface area (Å²) in [6, 6.07) is 20.0. The summed E-state index contributed by atoms with van der Waals surface area (Å²) in [5.74, 6) is 0. The van der Waals surface area contributed by atoms with E-state index in [1.807, 2.05) is 0 Å². The molecule has 2 aromatic heterocycles. The van der Waals surface area contributed by atoms with E-state index in [-0.39, 0.29) is 5.41 Å². The number of furan rings is 1. The van der Waals surface area contributed by atoms with Crippen LogP contribution in [0.2, 0.25) is 0 Å². The molecule has 2 heteroatoms. The van der Waals surface area contributed by atoms with Crippen LogP contribution in [0.15, 0.2) is 65.2 Å². The van der Waals surface area contributed by atoms with Gasteiger partial charge in [-0.05, 0) is 60.2 Å². The molecule has 0 aliphatic heterocycles. The molecule has 0 spiro atoms. The van der Waals surface area contributed by atoms with Crippen molar-refractivity contribution in [1.82, 2.24) is 0 Å². The summed E-state index contributed by atoms with van der Waals surface area (Å²) in [7, 11) is 2.13. The number of aromatic nitrogens is 1. The van der Waals surface area contributed by atoms with Crippen LogP contribution in [0.5, 0.6) is 0 Å². The molecule has 158 valence electrons. The number of rotatable bonds is 1. The first-order valence-corrected chi connectivity index (χ1v) is 11.4. The lowest BCUT2D eigenvalue weighted by atomic mass is 9.80. The molecule has 0 N–H and O–H groups in total. The zero-order valence-corrected chi connectivity index (χ0v) is 19.6. The maximum atomic E-state index is 6.65. The first-order chi connectivity index (χ1) is 15.3. The van der Waals surface area contributed by atoms with Crippen LogP contribution in [0.4, 0.5) is 0 Å². The molecule has 2 nitrogen and oxygen atoms in total. The zero-order chi connectivity index (χ0) is 22.4. The van der Waals surface area contributed by atoms with Crippen molar-refractivity contribution in [2.24, 2.45) is 7.05 Å². The van der Waals surface area contributed by atoms with Gasteiger partial charge >= 0.3 is 0 Å². The average Bonchev–Trinajstić information content (AvgIpc) is 3.24. The fourth-order valence-corrected chi connectivity index (χ4v) is 5.75. The van der Waals surface area contributed by atoms with Crippen LogP contribution in [0.25, 0.3) is 44.3 Å². The van der Waals surface area contributed by atoms with E-state index in [0.717, 1.165) is 11.2 Å². The van der Waals surface area contributed by atoms with Gasteiger partial charge in [0.25, 0.3) is 0 Å². The molecule has 0 atom stereocenters. The predicted molar refractivity (Wildman–Crippen MR) is 132 cm³/mol. The van der Waals surface area contributed by atoms with Crippen LogP contribution in [-0.2, 0) is 12.5 Å². The van der Waals surface area contributed by atoms with E-state index >= 15 is 0 Å².